The van der Waals surface area contributed by atoms with Crippen LogP contribution in [0.15, 0.2) is 66.9 Å². The van der Waals surface area contributed by atoms with E-state index in [9.17, 15) is 24.3 Å². The highest BCUT2D eigenvalue weighted by Crippen LogP contribution is 2.22. The van der Waals surface area contributed by atoms with Gasteiger partial charge in [-0.15, -0.1) is 0 Å². The average molecular weight is 604 g/mol. The van der Waals surface area contributed by atoms with Crippen molar-refractivity contribution in [2.24, 2.45) is 5.73 Å². The number of fused-ring (bicyclic) bond motifs is 1. The Bertz CT molecular complexity index is 1470. The van der Waals surface area contributed by atoms with Gasteiger partial charge in [-0.2, -0.15) is 0 Å². The molecule has 4 atom stereocenters. The molecular formula is C33H41N5O6. The number of likely N-dealkylation sites (tertiary alicyclic amines) is 1. The maximum atomic E-state index is 13.6. The summed E-state index contributed by atoms with van der Waals surface area (Å²) in [7, 11) is 0. The summed E-state index contributed by atoms with van der Waals surface area (Å²) in [5.74, 6) is -2.45. The molecule has 0 radical (unpaired) electrons. The van der Waals surface area contributed by atoms with Crippen LogP contribution in [0.25, 0.3) is 10.8 Å². The third-order valence-corrected chi connectivity index (χ3v) is 7.47. The smallest absolute Gasteiger partial charge is 0.323 e. The lowest BCUT2D eigenvalue weighted by Gasteiger charge is -2.32. The number of rotatable bonds is 12. The number of β-amino-alcohol motifs (C(OH)–C–C–N with tert-alkyl or cyclic N) is 1. The maximum absolute atomic E-state index is 13.6. The van der Waals surface area contributed by atoms with Crippen molar-refractivity contribution in [1.82, 2.24) is 20.5 Å². The average Bonchev–Trinajstić information content (AvgIpc) is 3.44. The Balaban J connectivity index is 1.53. The minimum Gasteiger partial charge on any atom is -0.459 e. The summed E-state index contributed by atoms with van der Waals surface area (Å²) in [6, 6.07) is 15.7. The number of aliphatic hydroxyl groups is 1. The molecule has 44 heavy (non-hydrogen) atoms. The summed E-state index contributed by atoms with van der Waals surface area (Å²) < 4.78 is 5.60. The van der Waals surface area contributed by atoms with Gasteiger partial charge in [-0.25, -0.2) is 0 Å². The van der Waals surface area contributed by atoms with Crippen molar-refractivity contribution in [3.63, 3.8) is 0 Å². The molecule has 1 aliphatic heterocycles. The van der Waals surface area contributed by atoms with E-state index in [1.807, 2.05) is 68.1 Å². The molecule has 4 rings (SSSR count). The normalized spacial score (nSPS) is 17.4. The van der Waals surface area contributed by atoms with Gasteiger partial charge in [-0.3, -0.25) is 29.1 Å². The van der Waals surface area contributed by atoms with Gasteiger partial charge in [0, 0.05) is 18.1 Å². The van der Waals surface area contributed by atoms with E-state index in [0.717, 1.165) is 17.4 Å². The number of hydrogen-bond donors (Lipinski definition) is 4. The van der Waals surface area contributed by atoms with Crippen LogP contribution in [0.5, 0.6) is 0 Å². The van der Waals surface area contributed by atoms with Crippen molar-refractivity contribution < 1.29 is 29.0 Å². The topological polar surface area (TPSA) is 164 Å². The van der Waals surface area contributed by atoms with Gasteiger partial charge >= 0.3 is 5.97 Å². The summed E-state index contributed by atoms with van der Waals surface area (Å²) in [6.07, 6.45) is 1.58. The van der Waals surface area contributed by atoms with E-state index in [4.69, 9.17) is 10.5 Å². The Morgan fingerprint density at radius 2 is 1.75 bits per heavy atom. The third kappa shape index (κ3) is 8.84. The highest BCUT2D eigenvalue weighted by Gasteiger charge is 2.37. The monoisotopic (exact) mass is 603 g/mol. The number of hydrogen-bond acceptors (Lipinski definition) is 8. The van der Waals surface area contributed by atoms with Crippen LogP contribution in [0.1, 0.15) is 56.1 Å². The second-order valence-electron chi connectivity index (χ2n) is 12.1. The molecule has 2 aromatic carbocycles. The number of carbonyl (C=O) groups is 4. The van der Waals surface area contributed by atoms with Gasteiger partial charge < -0.3 is 26.2 Å². The number of esters is 1. The van der Waals surface area contributed by atoms with E-state index < -0.39 is 54.0 Å². The first-order valence-electron chi connectivity index (χ1n) is 14.8. The molecule has 11 heteroatoms. The molecule has 3 aromatic rings. The number of ether oxygens (including phenoxy) is 1. The van der Waals surface area contributed by atoms with Gasteiger partial charge in [-0.05, 0) is 63.6 Å². The van der Waals surface area contributed by atoms with Gasteiger partial charge in [-0.1, -0.05) is 54.6 Å². The van der Waals surface area contributed by atoms with Crippen molar-refractivity contribution in [2.45, 2.75) is 76.3 Å². The quantitative estimate of drug-likeness (QED) is 0.229. The molecule has 1 fully saturated rings. The van der Waals surface area contributed by atoms with E-state index in [1.54, 1.807) is 18.2 Å². The standard InChI is InChI=1S/C33H41N5O6/c1-33(2,3)44-32(43)26-14-9-17-38(26)20-27(39)24(18-21-10-5-4-6-11-21)36-30(41)25(19-28(34)40)37-31(42)29-23-13-8-7-12-22(23)15-16-35-29/h4-8,10-13,15-16,24-27,39H,9,14,17-20H2,1-3H3,(H2,34,40)(H,36,41)(H,37,42)/t24-,25-,26-,27+/m0/s1. The van der Waals surface area contributed by atoms with Gasteiger partial charge in [0.2, 0.25) is 11.8 Å². The Kier molecular flexibility index (Phi) is 10.7. The second-order valence-corrected chi connectivity index (χ2v) is 12.1. The predicted molar refractivity (Wildman–Crippen MR) is 165 cm³/mol. The fourth-order valence-corrected chi connectivity index (χ4v) is 5.42. The third-order valence-electron chi connectivity index (χ3n) is 7.47. The van der Waals surface area contributed by atoms with E-state index in [1.165, 1.54) is 6.20 Å². The van der Waals surface area contributed by atoms with Crippen molar-refractivity contribution in [2.75, 3.05) is 13.1 Å². The Hall–Kier alpha value is -4.35. The van der Waals surface area contributed by atoms with Crippen molar-refractivity contribution in [3.05, 3.63) is 78.1 Å². The fraction of sp³-hybridized carbons (Fsp3) is 0.424. The predicted octanol–water partition coefficient (Wildman–Crippen LogP) is 2.10. The summed E-state index contributed by atoms with van der Waals surface area (Å²) in [5.41, 5.74) is 5.78. The number of nitrogens with one attached hydrogen (secondary N) is 2. The number of aliphatic hydroxyl groups excluding tert-OH is 1. The molecule has 11 nitrogen and oxygen atoms in total. The SMILES string of the molecule is CC(C)(C)OC(=O)[C@@H]1CCCN1C[C@@H](O)[C@H](Cc1ccccc1)NC(=O)[C@H](CC(N)=O)NC(=O)c1nccc2ccccc12. The minimum absolute atomic E-state index is 0.105. The first-order chi connectivity index (χ1) is 20.9. The number of aromatic nitrogens is 1. The van der Waals surface area contributed by atoms with Gasteiger partial charge in [0.25, 0.3) is 5.91 Å². The molecule has 0 bridgehead atoms. The van der Waals surface area contributed by atoms with Crippen LogP contribution in [0.4, 0.5) is 0 Å². The maximum Gasteiger partial charge on any atom is 0.323 e. The summed E-state index contributed by atoms with van der Waals surface area (Å²) >= 11 is 0. The molecule has 2 heterocycles. The zero-order valence-electron chi connectivity index (χ0n) is 25.4. The van der Waals surface area contributed by atoms with Crippen molar-refractivity contribution in [3.8, 4) is 0 Å². The lowest BCUT2D eigenvalue weighted by molar-refractivity contribution is -0.160. The molecule has 1 saturated heterocycles. The van der Waals surface area contributed by atoms with Crippen LogP contribution >= 0.6 is 0 Å². The number of amides is 3. The van der Waals surface area contributed by atoms with Crippen molar-refractivity contribution in [1.29, 1.82) is 0 Å². The van der Waals surface area contributed by atoms with Gasteiger partial charge in [0.05, 0.1) is 18.6 Å². The highest BCUT2D eigenvalue weighted by molar-refractivity contribution is 6.06. The first kappa shape index (κ1) is 32.6. The second kappa shape index (κ2) is 14.4. The molecule has 1 aliphatic rings. The van der Waals surface area contributed by atoms with Crippen LogP contribution in [0, 0.1) is 0 Å². The molecular weight excluding hydrogens is 562 g/mol. The van der Waals surface area contributed by atoms with Crippen LogP contribution in [0.2, 0.25) is 0 Å². The van der Waals surface area contributed by atoms with E-state index in [2.05, 4.69) is 15.6 Å². The lowest BCUT2D eigenvalue weighted by atomic mass is 9.99. The number of nitrogens with two attached hydrogens (primary N) is 1. The number of benzene rings is 2. The number of primary amides is 1. The summed E-state index contributed by atoms with van der Waals surface area (Å²) in [5, 5.41) is 18.3. The minimum atomic E-state index is -1.31. The van der Waals surface area contributed by atoms with Crippen LogP contribution in [-0.2, 0) is 25.5 Å². The first-order valence-corrected chi connectivity index (χ1v) is 14.8. The Morgan fingerprint density at radius 1 is 1.05 bits per heavy atom. The summed E-state index contributed by atoms with van der Waals surface area (Å²) in [4.78, 5) is 57.8. The summed E-state index contributed by atoms with van der Waals surface area (Å²) in [6.45, 7) is 6.12. The van der Waals surface area contributed by atoms with E-state index >= 15 is 0 Å². The zero-order valence-corrected chi connectivity index (χ0v) is 25.4. The molecule has 5 N–H and O–H groups in total. The number of nitrogens with zero attached hydrogens (tertiary/aromatic N) is 2. The zero-order chi connectivity index (χ0) is 31.9. The molecule has 0 spiro atoms. The van der Waals surface area contributed by atoms with Crippen LogP contribution in [0.3, 0.4) is 0 Å². The lowest BCUT2D eigenvalue weighted by Crippen LogP contribution is -2.56. The number of carbonyl (C=O) groups excluding carboxylic acids is 4. The fourth-order valence-electron chi connectivity index (χ4n) is 5.42. The molecule has 1 aromatic heterocycles. The van der Waals surface area contributed by atoms with Gasteiger partial charge in [0.1, 0.15) is 23.4 Å². The van der Waals surface area contributed by atoms with E-state index in [0.29, 0.717) is 18.4 Å². The molecule has 234 valence electrons. The molecule has 3 amide bonds. The molecule has 0 aliphatic carbocycles. The Labute approximate surface area is 257 Å². The molecule has 0 saturated carbocycles. The van der Waals surface area contributed by atoms with Crippen LogP contribution in [-0.4, -0.2) is 81.6 Å². The van der Waals surface area contributed by atoms with E-state index in [-0.39, 0.29) is 24.6 Å². The van der Waals surface area contributed by atoms with Gasteiger partial charge in [0.15, 0.2) is 0 Å². The molecule has 0 unspecified atom stereocenters. The Morgan fingerprint density at radius 3 is 2.45 bits per heavy atom. The van der Waals surface area contributed by atoms with Crippen molar-refractivity contribution >= 4 is 34.5 Å². The van der Waals surface area contributed by atoms with Crippen LogP contribution < -0.4 is 16.4 Å². The largest absolute Gasteiger partial charge is 0.459 e. The highest BCUT2D eigenvalue weighted by atomic mass is 16.6. The number of pyridine rings is 1.